The third kappa shape index (κ3) is 4.15. The number of hydrogen-bond acceptors (Lipinski definition) is 2. The minimum Gasteiger partial charge on any atom is -0.394 e. The summed E-state index contributed by atoms with van der Waals surface area (Å²) in [5.74, 6) is 1.66. The second-order valence-electron chi connectivity index (χ2n) is 7.90. The van der Waals surface area contributed by atoms with Crippen molar-refractivity contribution in [1.29, 1.82) is 0 Å². The maximum absolute atomic E-state index is 6.74. The topological polar surface area (TPSA) is 18.5 Å². The third-order valence-electron chi connectivity index (χ3n) is 5.95. The van der Waals surface area contributed by atoms with Crippen LogP contribution in [0, 0.1) is 11.8 Å². The van der Waals surface area contributed by atoms with Crippen molar-refractivity contribution < 1.29 is 8.85 Å². The third-order valence-corrected chi connectivity index (χ3v) is 10.8. The van der Waals surface area contributed by atoms with Crippen LogP contribution < -0.4 is 0 Å². The van der Waals surface area contributed by atoms with Crippen molar-refractivity contribution in [3.05, 3.63) is 0 Å². The average molecular weight is 327 g/mol. The van der Waals surface area contributed by atoms with Crippen molar-refractivity contribution in [2.24, 2.45) is 11.8 Å². The van der Waals surface area contributed by atoms with Gasteiger partial charge in [-0.15, -0.1) is 0 Å². The summed E-state index contributed by atoms with van der Waals surface area (Å²) in [5, 5.41) is 0. The summed E-state index contributed by atoms with van der Waals surface area (Å²) >= 11 is 0. The van der Waals surface area contributed by atoms with E-state index in [0.717, 1.165) is 49.0 Å². The van der Waals surface area contributed by atoms with Crippen molar-refractivity contribution >= 4 is 8.56 Å². The Morgan fingerprint density at radius 1 is 0.864 bits per heavy atom. The second-order valence-corrected chi connectivity index (χ2v) is 11.5. The Hall–Kier alpha value is 0.137. The molecule has 130 valence electrons. The fraction of sp³-hybridized carbons (Fsp3) is 1.00. The monoisotopic (exact) mass is 326 g/mol. The van der Waals surface area contributed by atoms with E-state index < -0.39 is 8.56 Å². The van der Waals surface area contributed by atoms with Gasteiger partial charge in [-0.3, -0.25) is 0 Å². The zero-order valence-corrected chi connectivity index (χ0v) is 16.4. The van der Waals surface area contributed by atoms with Crippen molar-refractivity contribution in [1.82, 2.24) is 0 Å². The van der Waals surface area contributed by atoms with Crippen LogP contribution in [0.3, 0.4) is 0 Å². The molecule has 0 spiro atoms. The van der Waals surface area contributed by atoms with Crippen LogP contribution in [0.2, 0.25) is 11.1 Å². The second kappa shape index (κ2) is 8.84. The molecule has 0 aromatic carbocycles. The Morgan fingerprint density at radius 3 is 2.00 bits per heavy atom. The molecule has 0 amide bonds. The molecule has 0 aliphatic heterocycles. The molecule has 0 heterocycles. The van der Waals surface area contributed by atoms with E-state index in [9.17, 15) is 0 Å². The van der Waals surface area contributed by atoms with E-state index in [1.165, 1.54) is 44.9 Å². The van der Waals surface area contributed by atoms with Crippen LogP contribution >= 0.6 is 0 Å². The van der Waals surface area contributed by atoms with Crippen LogP contribution in [0.25, 0.3) is 0 Å². The molecule has 4 unspecified atom stereocenters. The van der Waals surface area contributed by atoms with E-state index in [2.05, 4.69) is 27.7 Å². The molecule has 2 nitrogen and oxygen atoms in total. The van der Waals surface area contributed by atoms with E-state index >= 15 is 0 Å². The minimum absolute atomic E-state index is 0.736. The first-order chi connectivity index (χ1) is 10.6. The normalized spacial score (nSPS) is 33.3. The van der Waals surface area contributed by atoms with Gasteiger partial charge in [-0.25, -0.2) is 0 Å². The van der Waals surface area contributed by atoms with Gasteiger partial charge in [0.15, 0.2) is 0 Å². The molecular weight excluding hydrogens is 288 g/mol. The Morgan fingerprint density at radius 2 is 1.50 bits per heavy atom. The van der Waals surface area contributed by atoms with Crippen LogP contribution in [-0.4, -0.2) is 21.8 Å². The summed E-state index contributed by atoms with van der Waals surface area (Å²) in [6, 6.07) is 0. The zero-order valence-electron chi connectivity index (χ0n) is 15.4. The molecule has 0 aromatic heterocycles. The summed E-state index contributed by atoms with van der Waals surface area (Å²) in [4.78, 5) is 0. The van der Waals surface area contributed by atoms with Gasteiger partial charge in [0.2, 0.25) is 0 Å². The molecule has 0 saturated heterocycles. The van der Waals surface area contributed by atoms with Crippen LogP contribution in [0.4, 0.5) is 0 Å². The lowest BCUT2D eigenvalue weighted by atomic mass is 9.90. The first kappa shape index (κ1) is 18.5. The SMILES string of the molecule is CCCO[Si](OCCC)(C1CCCC(C)C1)C1CCCC1C. The van der Waals surface area contributed by atoms with Crippen molar-refractivity contribution in [2.45, 2.75) is 96.6 Å². The summed E-state index contributed by atoms with van der Waals surface area (Å²) < 4.78 is 13.5. The highest BCUT2D eigenvalue weighted by atomic mass is 28.4. The lowest BCUT2D eigenvalue weighted by Crippen LogP contribution is -2.53. The smallest absolute Gasteiger partial charge is 0.344 e. The Kier molecular flexibility index (Phi) is 7.42. The van der Waals surface area contributed by atoms with Gasteiger partial charge in [0.05, 0.1) is 0 Å². The van der Waals surface area contributed by atoms with Crippen molar-refractivity contribution in [3.63, 3.8) is 0 Å². The highest BCUT2D eigenvalue weighted by molar-refractivity contribution is 6.70. The highest BCUT2D eigenvalue weighted by Crippen LogP contribution is 2.53. The van der Waals surface area contributed by atoms with Crippen LogP contribution in [0.15, 0.2) is 0 Å². The van der Waals surface area contributed by atoms with Gasteiger partial charge in [0.25, 0.3) is 0 Å². The number of hydrogen-bond donors (Lipinski definition) is 0. The van der Waals surface area contributed by atoms with Gasteiger partial charge in [0, 0.05) is 24.3 Å². The molecule has 0 aromatic rings. The molecule has 0 bridgehead atoms. The van der Waals surface area contributed by atoms with Gasteiger partial charge < -0.3 is 8.85 Å². The fourth-order valence-electron chi connectivity index (χ4n) is 4.86. The maximum Gasteiger partial charge on any atom is 0.344 e. The highest BCUT2D eigenvalue weighted by Gasteiger charge is 2.55. The summed E-state index contributed by atoms with van der Waals surface area (Å²) in [6.07, 6.45) is 11.8. The Balaban J connectivity index is 2.24. The summed E-state index contributed by atoms with van der Waals surface area (Å²) in [6.45, 7) is 11.2. The quantitative estimate of drug-likeness (QED) is 0.505. The first-order valence-corrected chi connectivity index (χ1v) is 11.9. The molecule has 22 heavy (non-hydrogen) atoms. The lowest BCUT2D eigenvalue weighted by Gasteiger charge is -2.45. The van der Waals surface area contributed by atoms with Crippen LogP contribution in [-0.2, 0) is 8.85 Å². The molecule has 3 heteroatoms. The summed E-state index contributed by atoms with van der Waals surface area (Å²) in [5.41, 5.74) is 1.47. The molecular formula is C19H38O2Si. The van der Waals surface area contributed by atoms with E-state index in [1.807, 2.05) is 0 Å². The predicted octanol–water partition coefficient (Wildman–Crippen LogP) is 6.05. The lowest BCUT2D eigenvalue weighted by molar-refractivity contribution is 0.131. The largest absolute Gasteiger partial charge is 0.394 e. The Labute approximate surface area is 139 Å². The Bertz CT molecular complexity index is 313. The fourth-order valence-corrected chi connectivity index (χ4v) is 10.4. The standard InChI is InChI=1S/C19H38O2Si/c1-5-13-20-22(21-14-6-2,19-12-8-10-17(19)4)18-11-7-9-16(3)15-18/h16-19H,5-15H2,1-4H3. The van der Waals surface area contributed by atoms with E-state index in [4.69, 9.17) is 8.85 Å². The van der Waals surface area contributed by atoms with Gasteiger partial charge in [0.1, 0.15) is 0 Å². The molecule has 4 atom stereocenters. The molecule has 2 fully saturated rings. The molecule has 2 saturated carbocycles. The molecule has 2 aliphatic carbocycles. The summed E-state index contributed by atoms with van der Waals surface area (Å²) in [7, 11) is -2.11. The molecule has 0 N–H and O–H groups in total. The molecule has 2 aliphatic rings. The van der Waals surface area contributed by atoms with Crippen LogP contribution in [0.1, 0.15) is 85.5 Å². The van der Waals surface area contributed by atoms with Crippen LogP contribution in [0.5, 0.6) is 0 Å². The predicted molar refractivity (Wildman–Crippen MR) is 96.4 cm³/mol. The van der Waals surface area contributed by atoms with E-state index in [0.29, 0.717) is 0 Å². The van der Waals surface area contributed by atoms with E-state index in [1.54, 1.807) is 0 Å². The average Bonchev–Trinajstić information content (AvgIpc) is 2.95. The maximum atomic E-state index is 6.74. The molecule has 2 rings (SSSR count). The van der Waals surface area contributed by atoms with Crippen molar-refractivity contribution in [3.8, 4) is 0 Å². The van der Waals surface area contributed by atoms with E-state index in [-0.39, 0.29) is 0 Å². The number of rotatable bonds is 8. The zero-order chi connectivity index (χ0) is 16.0. The first-order valence-electron chi connectivity index (χ1n) is 9.91. The van der Waals surface area contributed by atoms with Gasteiger partial charge in [-0.05, 0) is 43.9 Å². The molecule has 0 radical (unpaired) electrons. The van der Waals surface area contributed by atoms with Gasteiger partial charge >= 0.3 is 8.56 Å². The van der Waals surface area contributed by atoms with Crippen molar-refractivity contribution in [2.75, 3.05) is 13.2 Å². The van der Waals surface area contributed by atoms with Gasteiger partial charge in [-0.2, -0.15) is 0 Å². The van der Waals surface area contributed by atoms with Gasteiger partial charge in [-0.1, -0.05) is 53.4 Å². The minimum atomic E-state index is -2.11.